The highest BCUT2D eigenvalue weighted by atomic mass is 16.5. The van der Waals surface area contributed by atoms with Crippen LogP contribution in [0.25, 0.3) is 10.8 Å². The van der Waals surface area contributed by atoms with Crippen LogP contribution in [0.3, 0.4) is 0 Å². The first-order valence-corrected chi connectivity index (χ1v) is 5.31. The van der Waals surface area contributed by atoms with Crippen molar-refractivity contribution in [3.63, 3.8) is 0 Å². The molecule has 0 fully saturated rings. The summed E-state index contributed by atoms with van der Waals surface area (Å²) in [7, 11) is 0. The molecule has 82 valence electrons. The van der Waals surface area contributed by atoms with Crippen LogP contribution in [0.5, 0.6) is 5.75 Å². The molecular weight excluding hydrogens is 198 g/mol. The van der Waals surface area contributed by atoms with E-state index in [1.807, 2.05) is 24.3 Å². The lowest BCUT2D eigenvalue weighted by Gasteiger charge is -2.11. The van der Waals surface area contributed by atoms with Crippen LogP contribution in [0.15, 0.2) is 49.1 Å². The minimum Gasteiger partial charge on any atom is -0.489 e. The topological polar surface area (TPSA) is 35.2 Å². The van der Waals surface area contributed by atoms with Gasteiger partial charge in [-0.3, -0.25) is 0 Å². The third-order valence-corrected chi connectivity index (χ3v) is 2.56. The molecule has 0 saturated carbocycles. The average Bonchev–Trinajstić information content (AvgIpc) is 2.35. The number of nitrogens with two attached hydrogens (primary N) is 1. The fourth-order valence-corrected chi connectivity index (χ4v) is 1.81. The van der Waals surface area contributed by atoms with Gasteiger partial charge >= 0.3 is 0 Å². The molecule has 0 heterocycles. The lowest BCUT2D eigenvalue weighted by atomic mass is 10.0. The zero-order chi connectivity index (χ0) is 11.4. The molecule has 2 N–H and O–H groups in total. The molecule has 2 aromatic rings. The average molecular weight is 213 g/mol. The molecule has 2 nitrogen and oxygen atoms in total. The Morgan fingerprint density at radius 2 is 2.00 bits per heavy atom. The fraction of sp³-hybridized carbons (Fsp3) is 0.143. The van der Waals surface area contributed by atoms with Crippen molar-refractivity contribution in [1.82, 2.24) is 0 Å². The van der Waals surface area contributed by atoms with Crippen LogP contribution in [-0.4, -0.2) is 6.61 Å². The number of hydrogen-bond acceptors (Lipinski definition) is 2. The second kappa shape index (κ2) is 4.81. The first-order valence-electron chi connectivity index (χ1n) is 5.31. The van der Waals surface area contributed by atoms with Crippen molar-refractivity contribution in [2.24, 2.45) is 5.73 Å². The Morgan fingerprint density at radius 3 is 2.75 bits per heavy atom. The fourth-order valence-electron chi connectivity index (χ4n) is 1.81. The van der Waals surface area contributed by atoms with E-state index in [0.717, 1.165) is 16.7 Å². The zero-order valence-corrected chi connectivity index (χ0v) is 9.15. The number of hydrogen-bond donors (Lipinski definition) is 1. The SMILES string of the molecule is C=CCOc1ccc2ccccc2c1CN. The van der Waals surface area contributed by atoms with Crippen LogP contribution in [0.2, 0.25) is 0 Å². The smallest absolute Gasteiger partial charge is 0.124 e. The summed E-state index contributed by atoms with van der Waals surface area (Å²) in [5, 5.41) is 2.35. The van der Waals surface area contributed by atoms with E-state index < -0.39 is 0 Å². The highest BCUT2D eigenvalue weighted by molar-refractivity contribution is 5.87. The summed E-state index contributed by atoms with van der Waals surface area (Å²) in [5.74, 6) is 0.848. The third kappa shape index (κ3) is 1.92. The van der Waals surface area contributed by atoms with Gasteiger partial charge in [0, 0.05) is 12.1 Å². The van der Waals surface area contributed by atoms with Crippen molar-refractivity contribution in [3.8, 4) is 5.75 Å². The van der Waals surface area contributed by atoms with Gasteiger partial charge in [0.2, 0.25) is 0 Å². The van der Waals surface area contributed by atoms with Crippen molar-refractivity contribution in [2.45, 2.75) is 6.54 Å². The summed E-state index contributed by atoms with van der Waals surface area (Å²) in [6, 6.07) is 12.2. The van der Waals surface area contributed by atoms with Gasteiger partial charge in [-0.25, -0.2) is 0 Å². The van der Waals surface area contributed by atoms with E-state index in [0.29, 0.717) is 13.2 Å². The molecule has 0 aliphatic carbocycles. The summed E-state index contributed by atoms with van der Waals surface area (Å²) in [5.41, 5.74) is 6.84. The van der Waals surface area contributed by atoms with Crippen molar-refractivity contribution in [3.05, 3.63) is 54.6 Å². The number of ether oxygens (including phenoxy) is 1. The van der Waals surface area contributed by atoms with Gasteiger partial charge in [-0.15, -0.1) is 0 Å². The molecule has 2 aromatic carbocycles. The van der Waals surface area contributed by atoms with Gasteiger partial charge in [0.05, 0.1) is 0 Å². The van der Waals surface area contributed by atoms with Crippen LogP contribution < -0.4 is 10.5 Å². The van der Waals surface area contributed by atoms with Gasteiger partial charge in [-0.2, -0.15) is 0 Å². The van der Waals surface area contributed by atoms with Gasteiger partial charge < -0.3 is 10.5 Å². The van der Waals surface area contributed by atoms with Gasteiger partial charge in [0.1, 0.15) is 12.4 Å². The molecule has 0 atom stereocenters. The van der Waals surface area contributed by atoms with Gasteiger partial charge in [0.25, 0.3) is 0 Å². The zero-order valence-electron chi connectivity index (χ0n) is 9.15. The Hall–Kier alpha value is -1.80. The second-order valence-corrected chi connectivity index (χ2v) is 3.57. The summed E-state index contributed by atoms with van der Waals surface area (Å²) >= 11 is 0. The molecule has 0 aliphatic heterocycles. The lowest BCUT2D eigenvalue weighted by Crippen LogP contribution is -2.03. The molecule has 0 radical (unpaired) electrons. The third-order valence-electron chi connectivity index (χ3n) is 2.56. The largest absolute Gasteiger partial charge is 0.489 e. The van der Waals surface area contributed by atoms with E-state index in [4.69, 9.17) is 10.5 Å². The minimum atomic E-state index is 0.480. The lowest BCUT2D eigenvalue weighted by molar-refractivity contribution is 0.360. The molecule has 0 bridgehead atoms. The molecule has 0 spiro atoms. The van der Waals surface area contributed by atoms with Crippen molar-refractivity contribution in [1.29, 1.82) is 0 Å². The molecular formula is C14H15NO. The van der Waals surface area contributed by atoms with Crippen molar-refractivity contribution in [2.75, 3.05) is 6.61 Å². The summed E-state index contributed by atoms with van der Waals surface area (Å²) < 4.78 is 5.59. The second-order valence-electron chi connectivity index (χ2n) is 3.57. The predicted molar refractivity (Wildman–Crippen MR) is 67.5 cm³/mol. The van der Waals surface area contributed by atoms with Gasteiger partial charge in [-0.05, 0) is 16.8 Å². The van der Waals surface area contributed by atoms with Crippen LogP contribution in [0, 0.1) is 0 Å². The summed E-state index contributed by atoms with van der Waals surface area (Å²) in [4.78, 5) is 0. The maximum absolute atomic E-state index is 5.78. The van der Waals surface area contributed by atoms with Crippen LogP contribution >= 0.6 is 0 Å². The van der Waals surface area contributed by atoms with Gasteiger partial charge in [0.15, 0.2) is 0 Å². The maximum atomic E-state index is 5.78. The Labute approximate surface area is 95.3 Å². The Morgan fingerprint density at radius 1 is 1.19 bits per heavy atom. The number of rotatable bonds is 4. The predicted octanol–water partition coefficient (Wildman–Crippen LogP) is 2.86. The first-order chi connectivity index (χ1) is 7.86. The number of fused-ring (bicyclic) bond motifs is 1. The van der Waals surface area contributed by atoms with Crippen LogP contribution in [0.4, 0.5) is 0 Å². The van der Waals surface area contributed by atoms with E-state index in [-0.39, 0.29) is 0 Å². The van der Waals surface area contributed by atoms with Gasteiger partial charge in [-0.1, -0.05) is 43.0 Å². The quantitative estimate of drug-likeness (QED) is 0.792. The van der Waals surface area contributed by atoms with Crippen molar-refractivity contribution < 1.29 is 4.74 Å². The monoisotopic (exact) mass is 213 g/mol. The molecule has 2 rings (SSSR count). The summed E-state index contributed by atoms with van der Waals surface area (Å²) in [6.07, 6.45) is 1.73. The van der Waals surface area contributed by atoms with E-state index in [2.05, 4.69) is 18.7 Å². The standard InChI is InChI=1S/C14H15NO/c1-2-9-16-14-8-7-11-5-3-4-6-12(11)13(14)10-15/h2-8H,1,9-10,15H2. The highest BCUT2D eigenvalue weighted by Crippen LogP contribution is 2.27. The molecule has 0 aromatic heterocycles. The van der Waals surface area contributed by atoms with E-state index in [1.165, 1.54) is 5.39 Å². The van der Waals surface area contributed by atoms with E-state index in [9.17, 15) is 0 Å². The minimum absolute atomic E-state index is 0.480. The molecule has 0 amide bonds. The first kappa shape index (κ1) is 10.7. The summed E-state index contributed by atoms with van der Waals surface area (Å²) in [6.45, 7) is 4.62. The number of benzene rings is 2. The molecule has 0 saturated heterocycles. The van der Waals surface area contributed by atoms with E-state index >= 15 is 0 Å². The Bertz CT molecular complexity index is 505. The Balaban J connectivity index is 2.53. The molecule has 16 heavy (non-hydrogen) atoms. The van der Waals surface area contributed by atoms with E-state index in [1.54, 1.807) is 6.08 Å². The Kier molecular flexibility index (Phi) is 3.22. The molecule has 0 aliphatic rings. The van der Waals surface area contributed by atoms with Crippen LogP contribution in [-0.2, 0) is 6.54 Å². The maximum Gasteiger partial charge on any atom is 0.124 e. The normalized spacial score (nSPS) is 10.3. The van der Waals surface area contributed by atoms with Crippen molar-refractivity contribution >= 4 is 10.8 Å². The molecule has 2 heteroatoms. The highest BCUT2D eigenvalue weighted by Gasteiger charge is 2.06. The molecule has 0 unspecified atom stereocenters. The van der Waals surface area contributed by atoms with Crippen LogP contribution in [0.1, 0.15) is 5.56 Å².